The quantitative estimate of drug-likeness (QED) is 0.685. The topological polar surface area (TPSA) is 54.9 Å². The SMILES string of the molecule is Cc1ccnc(SCC(=O)Nc2ccc(Cl)c(Cl)c2)n1. The number of carbonyl (C=O) groups excluding carboxylic acids is 1. The molecule has 2 aromatic rings. The van der Waals surface area contributed by atoms with Gasteiger partial charge in [0.2, 0.25) is 5.91 Å². The summed E-state index contributed by atoms with van der Waals surface area (Å²) in [5.41, 5.74) is 1.47. The largest absolute Gasteiger partial charge is 0.325 e. The molecule has 0 fully saturated rings. The fourth-order valence-electron chi connectivity index (χ4n) is 1.40. The highest BCUT2D eigenvalue weighted by Gasteiger charge is 2.07. The first-order valence-corrected chi connectivity index (χ1v) is 7.46. The fourth-order valence-corrected chi connectivity index (χ4v) is 2.37. The van der Waals surface area contributed by atoms with E-state index in [2.05, 4.69) is 15.3 Å². The first-order valence-electron chi connectivity index (χ1n) is 5.72. The lowest BCUT2D eigenvalue weighted by Crippen LogP contribution is -2.14. The Hall–Kier alpha value is -1.30. The zero-order valence-electron chi connectivity index (χ0n) is 10.6. The molecular weight excluding hydrogens is 317 g/mol. The van der Waals surface area contributed by atoms with Crippen molar-refractivity contribution < 1.29 is 4.79 Å². The third-order valence-electron chi connectivity index (χ3n) is 2.31. The molecule has 20 heavy (non-hydrogen) atoms. The van der Waals surface area contributed by atoms with Crippen LogP contribution in [0.25, 0.3) is 0 Å². The number of nitrogens with one attached hydrogen (secondary N) is 1. The molecule has 1 heterocycles. The van der Waals surface area contributed by atoms with E-state index in [4.69, 9.17) is 23.2 Å². The second-order valence-corrected chi connectivity index (χ2v) is 5.70. The van der Waals surface area contributed by atoms with Crippen LogP contribution >= 0.6 is 35.0 Å². The van der Waals surface area contributed by atoms with E-state index < -0.39 is 0 Å². The van der Waals surface area contributed by atoms with Gasteiger partial charge >= 0.3 is 0 Å². The maximum Gasteiger partial charge on any atom is 0.234 e. The van der Waals surface area contributed by atoms with E-state index in [1.807, 2.05) is 6.92 Å². The molecule has 0 aliphatic heterocycles. The van der Waals surface area contributed by atoms with E-state index in [1.165, 1.54) is 11.8 Å². The number of benzene rings is 1. The molecular formula is C13H11Cl2N3OS. The zero-order valence-corrected chi connectivity index (χ0v) is 12.9. The number of rotatable bonds is 4. The first-order chi connectivity index (χ1) is 9.54. The number of hydrogen-bond donors (Lipinski definition) is 1. The maximum absolute atomic E-state index is 11.8. The van der Waals surface area contributed by atoms with E-state index in [1.54, 1.807) is 30.5 Å². The average Bonchev–Trinajstić information content (AvgIpc) is 2.41. The van der Waals surface area contributed by atoms with Gasteiger partial charge in [0.15, 0.2) is 5.16 Å². The molecule has 0 atom stereocenters. The van der Waals surface area contributed by atoms with Gasteiger partial charge in [-0.2, -0.15) is 0 Å². The average molecular weight is 328 g/mol. The molecule has 0 saturated carbocycles. The molecule has 0 bridgehead atoms. The van der Waals surface area contributed by atoms with Gasteiger partial charge in [0.25, 0.3) is 0 Å². The number of amides is 1. The molecule has 0 spiro atoms. The van der Waals surface area contributed by atoms with Crippen LogP contribution in [0, 0.1) is 6.92 Å². The summed E-state index contributed by atoms with van der Waals surface area (Å²) in [6.07, 6.45) is 1.67. The lowest BCUT2D eigenvalue weighted by atomic mass is 10.3. The van der Waals surface area contributed by atoms with Crippen LogP contribution in [0.2, 0.25) is 10.0 Å². The third kappa shape index (κ3) is 4.37. The minimum atomic E-state index is -0.154. The molecule has 4 nitrogen and oxygen atoms in total. The van der Waals surface area contributed by atoms with Crippen molar-refractivity contribution in [2.75, 3.05) is 11.1 Å². The molecule has 1 amide bonds. The minimum absolute atomic E-state index is 0.154. The number of aromatic nitrogens is 2. The summed E-state index contributed by atoms with van der Waals surface area (Å²) in [6.45, 7) is 1.88. The van der Waals surface area contributed by atoms with Gasteiger partial charge in [0, 0.05) is 17.6 Å². The lowest BCUT2D eigenvalue weighted by molar-refractivity contribution is -0.113. The van der Waals surface area contributed by atoms with Crippen molar-refractivity contribution in [3.63, 3.8) is 0 Å². The van der Waals surface area contributed by atoms with Gasteiger partial charge in [-0.25, -0.2) is 9.97 Å². The number of hydrogen-bond acceptors (Lipinski definition) is 4. The Morgan fingerprint density at radius 3 is 2.80 bits per heavy atom. The van der Waals surface area contributed by atoms with E-state index >= 15 is 0 Å². The molecule has 0 radical (unpaired) electrons. The van der Waals surface area contributed by atoms with Crippen molar-refractivity contribution in [2.45, 2.75) is 12.1 Å². The van der Waals surface area contributed by atoms with Crippen LogP contribution < -0.4 is 5.32 Å². The number of nitrogens with zero attached hydrogens (tertiary/aromatic N) is 2. The van der Waals surface area contributed by atoms with Crippen LogP contribution in [-0.4, -0.2) is 21.6 Å². The lowest BCUT2D eigenvalue weighted by Gasteiger charge is -2.06. The van der Waals surface area contributed by atoms with E-state index in [0.717, 1.165) is 5.69 Å². The summed E-state index contributed by atoms with van der Waals surface area (Å²) in [5, 5.41) is 4.17. The van der Waals surface area contributed by atoms with Crippen molar-refractivity contribution in [2.24, 2.45) is 0 Å². The van der Waals surface area contributed by atoms with Crippen molar-refractivity contribution >= 4 is 46.6 Å². The van der Waals surface area contributed by atoms with Crippen LogP contribution in [0.4, 0.5) is 5.69 Å². The van der Waals surface area contributed by atoms with Gasteiger partial charge < -0.3 is 5.32 Å². The van der Waals surface area contributed by atoms with Gasteiger partial charge in [-0.3, -0.25) is 4.79 Å². The molecule has 1 aromatic carbocycles. The van der Waals surface area contributed by atoms with Crippen LogP contribution in [0.5, 0.6) is 0 Å². The van der Waals surface area contributed by atoms with Crippen LogP contribution in [-0.2, 0) is 4.79 Å². The summed E-state index contributed by atoms with van der Waals surface area (Å²) in [6, 6.07) is 6.74. The molecule has 1 N–H and O–H groups in total. The number of aryl methyl sites for hydroxylation is 1. The Bertz CT molecular complexity index is 637. The van der Waals surface area contributed by atoms with Gasteiger partial charge in [-0.1, -0.05) is 35.0 Å². The fraction of sp³-hybridized carbons (Fsp3) is 0.154. The summed E-state index contributed by atoms with van der Waals surface area (Å²) in [4.78, 5) is 20.1. The second kappa shape index (κ2) is 6.92. The first kappa shape index (κ1) is 15.1. The van der Waals surface area contributed by atoms with Crippen molar-refractivity contribution in [3.05, 3.63) is 46.2 Å². The molecule has 0 saturated heterocycles. The number of thioether (sulfide) groups is 1. The molecule has 0 aliphatic carbocycles. The Kier molecular flexibility index (Phi) is 5.23. The molecule has 2 rings (SSSR count). The molecule has 1 aromatic heterocycles. The monoisotopic (exact) mass is 327 g/mol. The molecule has 7 heteroatoms. The normalized spacial score (nSPS) is 10.3. The van der Waals surface area contributed by atoms with Crippen LogP contribution in [0.15, 0.2) is 35.6 Å². The smallest absolute Gasteiger partial charge is 0.234 e. The van der Waals surface area contributed by atoms with Crippen molar-refractivity contribution in [1.82, 2.24) is 9.97 Å². The standard InChI is InChI=1S/C13H11Cl2N3OS/c1-8-4-5-16-13(17-8)20-7-12(19)18-9-2-3-10(14)11(15)6-9/h2-6H,7H2,1H3,(H,18,19). The van der Waals surface area contributed by atoms with E-state index in [9.17, 15) is 4.79 Å². The Balaban J connectivity index is 1.91. The molecule has 0 unspecified atom stereocenters. The minimum Gasteiger partial charge on any atom is -0.325 e. The predicted octanol–water partition coefficient (Wildman–Crippen LogP) is 3.82. The predicted molar refractivity (Wildman–Crippen MR) is 82.6 cm³/mol. The zero-order chi connectivity index (χ0) is 14.5. The number of anilines is 1. The van der Waals surface area contributed by atoms with Gasteiger partial charge in [-0.05, 0) is 31.2 Å². The highest BCUT2D eigenvalue weighted by molar-refractivity contribution is 7.99. The van der Waals surface area contributed by atoms with Gasteiger partial charge in [0.1, 0.15) is 0 Å². The van der Waals surface area contributed by atoms with Crippen LogP contribution in [0.1, 0.15) is 5.69 Å². The maximum atomic E-state index is 11.8. The Morgan fingerprint density at radius 1 is 1.30 bits per heavy atom. The Morgan fingerprint density at radius 2 is 2.10 bits per heavy atom. The molecule has 104 valence electrons. The van der Waals surface area contributed by atoms with Crippen molar-refractivity contribution in [3.8, 4) is 0 Å². The van der Waals surface area contributed by atoms with Crippen LogP contribution in [0.3, 0.4) is 0 Å². The van der Waals surface area contributed by atoms with E-state index in [-0.39, 0.29) is 11.7 Å². The van der Waals surface area contributed by atoms with Crippen molar-refractivity contribution in [1.29, 1.82) is 0 Å². The van der Waals surface area contributed by atoms with E-state index in [0.29, 0.717) is 20.9 Å². The highest BCUT2D eigenvalue weighted by atomic mass is 35.5. The van der Waals surface area contributed by atoms with Gasteiger partial charge in [0.05, 0.1) is 15.8 Å². The summed E-state index contributed by atoms with van der Waals surface area (Å²) in [7, 11) is 0. The Labute approximate surface area is 130 Å². The molecule has 0 aliphatic rings. The number of carbonyl (C=O) groups is 1. The summed E-state index contributed by atoms with van der Waals surface area (Å²) >= 11 is 13.0. The summed E-state index contributed by atoms with van der Waals surface area (Å²) < 4.78 is 0. The third-order valence-corrected chi connectivity index (χ3v) is 3.91. The number of halogens is 2. The second-order valence-electron chi connectivity index (χ2n) is 3.95. The summed E-state index contributed by atoms with van der Waals surface area (Å²) in [5.74, 6) is 0.0717. The highest BCUT2D eigenvalue weighted by Crippen LogP contribution is 2.25. The van der Waals surface area contributed by atoms with Gasteiger partial charge in [-0.15, -0.1) is 0 Å².